The van der Waals surface area contributed by atoms with Gasteiger partial charge in [0.2, 0.25) is 0 Å². The molecule has 256 valence electrons. The Morgan fingerprint density at radius 3 is 1.28 bits per heavy atom. The molecule has 0 amide bonds. The molecule has 0 radical (unpaired) electrons. The number of nitrogens with zero attached hydrogens (tertiary/aromatic N) is 1. The number of hydrogen-bond donors (Lipinski definition) is 2. The fraction of sp³-hybridized carbons (Fsp3) is 0. The van der Waals surface area contributed by atoms with Crippen LogP contribution in [0.2, 0.25) is 0 Å². The lowest BCUT2D eigenvalue weighted by Crippen LogP contribution is -2.93. The highest BCUT2D eigenvalue weighted by Gasteiger charge is 2.56. The second kappa shape index (κ2) is 12.8. The first-order valence-corrected chi connectivity index (χ1v) is 22.5. The number of para-hydroxylation sites is 2. The summed E-state index contributed by atoms with van der Waals surface area (Å²) in [4.78, 5) is 0. The maximum absolute atomic E-state index is 10.6. The molecule has 0 saturated heterocycles. The lowest BCUT2D eigenvalue weighted by atomic mass is 9.79. The molecule has 2 heterocycles. The quantitative estimate of drug-likeness (QED) is 0.258. The van der Waals surface area contributed by atoms with Crippen LogP contribution in [-0.4, -0.2) is 37.9 Å². The summed E-state index contributed by atoms with van der Waals surface area (Å²) in [6, 6.07) is 75.5. The van der Waals surface area contributed by atoms with E-state index in [-0.39, 0.29) is 0 Å². The van der Waals surface area contributed by atoms with Crippen LogP contribution in [0.15, 0.2) is 206 Å². The van der Waals surface area contributed by atoms with Gasteiger partial charge in [0.15, 0.2) is 16.1 Å². The Hall–Kier alpha value is -6.02. The Kier molecular flexibility index (Phi) is 7.75. The van der Waals surface area contributed by atoms with E-state index in [1.807, 2.05) is 18.2 Å². The molecule has 0 saturated carbocycles. The molecule has 0 bridgehead atoms. The first kappa shape index (κ1) is 32.6. The van der Waals surface area contributed by atoms with Crippen LogP contribution in [0.4, 0.5) is 0 Å². The van der Waals surface area contributed by atoms with E-state index in [1.165, 1.54) is 41.5 Å². The number of benzene rings is 8. The van der Waals surface area contributed by atoms with E-state index in [4.69, 9.17) is 0 Å². The zero-order valence-corrected chi connectivity index (χ0v) is 31.5. The minimum absolute atomic E-state index is 0.468. The molecular formula is C48H36BNO2Si2. The molecule has 8 aromatic carbocycles. The largest absolute Gasteiger partial charge is 0.490 e. The van der Waals surface area contributed by atoms with E-state index >= 15 is 0 Å². The summed E-state index contributed by atoms with van der Waals surface area (Å²) in [7, 11) is -7.47. The lowest BCUT2D eigenvalue weighted by molar-refractivity contribution is 0.425. The van der Waals surface area contributed by atoms with E-state index in [9.17, 15) is 10.0 Å². The van der Waals surface area contributed by atoms with Gasteiger partial charge in [0.05, 0.1) is 11.0 Å². The fourth-order valence-electron chi connectivity index (χ4n) is 9.58. The summed E-state index contributed by atoms with van der Waals surface area (Å²) in [6.07, 6.45) is 0. The molecule has 0 spiro atoms. The molecule has 2 N–H and O–H groups in total. The van der Waals surface area contributed by atoms with Gasteiger partial charge in [-0.2, -0.15) is 0 Å². The normalized spacial score (nSPS) is 14.0. The molecule has 1 aliphatic rings. The second-order valence-electron chi connectivity index (χ2n) is 14.2. The van der Waals surface area contributed by atoms with Crippen molar-refractivity contribution in [2.24, 2.45) is 0 Å². The SMILES string of the molecule is OB(O)c1ccccc1-n1c2ccccc2c2ccc([Si]3(c4ccccc4)c4ccccc4[Si](c4ccccc4)(c4ccccc4)c4ccccc43)cc21. The van der Waals surface area contributed by atoms with E-state index in [2.05, 4.69) is 187 Å². The van der Waals surface area contributed by atoms with E-state index < -0.39 is 23.3 Å². The number of rotatable bonds is 6. The molecule has 3 nitrogen and oxygen atoms in total. The Bertz CT molecular complexity index is 2730. The first-order chi connectivity index (χ1) is 26.6. The Morgan fingerprint density at radius 2 is 0.759 bits per heavy atom. The number of fused-ring (bicyclic) bond motifs is 5. The molecule has 0 atom stereocenters. The van der Waals surface area contributed by atoms with Crippen LogP contribution in [0.1, 0.15) is 0 Å². The molecule has 0 aliphatic carbocycles. The van der Waals surface area contributed by atoms with Crippen molar-refractivity contribution in [3.63, 3.8) is 0 Å². The van der Waals surface area contributed by atoms with Gasteiger partial charge >= 0.3 is 7.12 Å². The third-order valence-electron chi connectivity index (χ3n) is 11.7. The Morgan fingerprint density at radius 1 is 0.352 bits per heavy atom. The van der Waals surface area contributed by atoms with Crippen molar-refractivity contribution in [3.8, 4) is 5.69 Å². The van der Waals surface area contributed by atoms with Crippen LogP contribution in [0.3, 0.4) is 0 Å². The van der Waals surface area contributed by atoms with Gasteiger partial charge in [-0.25, -0.2) is 0 Å². The van der Waals surface area contributed by atoms with Crippen LogP contribution in [-0.2, 0) is 0 Å². The van der Waals surface area contributed by atoms with Crippen molar-refractivity contribution in [1.29, 1.82) is 0 Å². The predicted molar refractivity (Wildman–Crippen MR) is 231 cm³/mol. The van der Waals surface area contributed by atoms with Crippen LogP contribution in [0.5, 0.6) is 0 Å². The van der Waals surface area contributed by atoms with Crippen molar-refractivity contribution in [3.05, 3.63) is 206 Å². The van der Waals surface area contributed by atoms with E-state index in [0.29, 0.717) is 5.46 Å². The van der Waals surface area contributed by atoms with Crippen LogP contribution in [0, 0.1) is 0 Å². The van der Waals surface area contributed by atoms with Gasteiger partial charge in [-0.1, -0.05) is 188 Å². The van der Waals surface area contributed by atoms with Gasteiger partial charge in [-0.15, -0.1) is 0 Å². The van der Waals surface area contributed by atoms with Crippen molar-refractivity contribution >= 4 is 92.0 Å². The average Bonchev–Trinajstić information content (AvgIpc) is 3.57. The zero-order valence-electron chi connectivity index (χ0n) is 29.5. The van der Waals surface area contributed by atoms with Gasteiger partial charge in [0.1, 0.15) is 0 Å². The number of aromatic nitrogens is 1. The third kappa shape index (κ3) is 4.55. The van der Waals surface area contributed by atoms with Crippen molar-refractivity contribution in [2.45, 2.75) is 0 Å². The third-order valence-corrected chi connectivity index (χ3v) is 21.9. The highest BCUT2D eigenvalue weighted by Crippen LogP contribution is 2.32. The first-order valence-electron chi connectivity index (χ1n) is 18.5. The lowest BCUT2D eigenvalue weighted by Gasteiger charge is -2.48. The summed E-state index contributed by atoms with van der Waals surface area (Å²) >= 11 is 0. The van der Waals surface area contributed by atoms with Gasteiger partial charge in [0, 0.05) is 21.9 Å². The van der Waals surface area contributed by atoms with Crippen LogP contribution >= 0.6 is 0 Å². The maximum atomic E-state index is 10.6. The highest BCUT2D eigenvalue weighted by molar-refractivity contribution is 7.32. The fourth-order valence-corrected chi connectivity index (χ4v) is 21.7. The van der Waals surface area contributed by atoms with E-state index in [0.717, 1.165) is 27.5 Å². The summed E-state index contributed by atoms with van der Waals surface area (Å²) in [5, 5.41) is 34.5. The van der Waals surface area contributed by atoms with Crippen molar-refractivity contribution < 1.29 is 10.0 Å². The van der Waals surface area contributed by atoms with Crippen LogP contribution in [0.25, 0.3) is 27.5 Å². The molecule has 1 aromatic heterocycles. The van der Waals surface area contributed by atoms with Gasteiger partial charge in [0.25, 0.3) is 0 Å². The molecule has 0 fully saturated rings. The summed E-state index contributed by atoms with van der Waals surface area (Å²) in [6.45, 7) is 0. The minimum Gasteiger partial charge on any atom is -0.423 e. The molecule has 1 aliphatic heterocycles. The van der Waals surface area contributed by atoms with E-state index in [1.54, 1.807) is 6.07 Å². The van der Waals surface area contributed by atoms with Crippen LogP contribution < -0.4 is 47.0 Å². The van der Waals surface area contributed by atoms with Crippen molar-refractivity contribution in [1.82, 2.24) is 4.57 Å². The Balaban J connectivity index is 1.38. The highest BCUT2D eigenvalue weighted by atomic mass is 28.3. The zero-order chi connectivity index (χ0) is 36.3. The van der Waals surface area contributed by atoms with Gasteiger partial charge < -0.3 is 14.6 Å². The molecule has 54 heavy (non-hydrogen) atoms. The minimum atomic E-state index is -3.03. The predicted octanol–water partition coefficient (Wildman–Crippen LogP) is 3.53. The molecule has 0 unspecified atom stereocenters. The smallest absolute Gasteiger partial charge is 0.423 e. The standard InChI is InChI=1S/C48H36BNO2Si2/c51-49(52)41-25-11-13-27-43(41)50-42-26-12-10-24-39(42)40-33-32-38(34-44(40)50)54(37-22-8-3-9-23-37)47-30-16-14-28-45(47)53(35-18-4-1-5-19-35,36-20-6-2-7-21-36)46-29-15-17-31-48(46)54/h1-34,51-52H. The maximum Gasteiger partial charge on any atom is 0.490 e. The number of hydrogen-bond acceptors (Lipinski definition) is 2. The summed E-state index contributed by atoms with van der Waals surface area (Å²) in [5.41, 5.74) is 3.29. The summed E-state index contributed by atoms with van der Waals surface area (Å²) < 4.78 is 2.23. The topological polar surface area (TPSA) is 45.4 Å². The second-order valence-corrected chi connectivity index (χ2v) is 21.7. The van der Waals surface area contributed by atoms with Gasteiger partial charge in [-0.3, -0.25) is 0 Å². The summed E-state index contributed by atoms with van der Waals surface area (Å²) in [5.74, 6) is 0. The average molecular weight is 726 g/mol. The van der Waals surface area contributed by atoms with Gasteiger partial charge in [-0.05, 0) is 59.7 Å². The molecule has 10 rings (SSSR count). The van der Waals surface area contributed by atoms with Crippen molar-refractivity contribution in [2.75, 3.05) is 0 Å². The Labute approximate surface area is 317 Å². The molecule has 9 aromatic rings. The monoisotopic (exact) mass is 725 g/mol. The molecular weight excluding hydrogens is 690 g/mol. The molecule has 6 heteroatoms.